The molecule has 1 aliphatic rings. The fraction of sp³-hybridized carbons (Fsp3) is 0.625. The summed E-state index contributed by atoms with van der Waals surface area (Å²) in [6, 6.07) is 0. The average Bonchev–Trinajstić information content (AvgIpc) is 2.80. The van der Waals surface area contributed by atoms with Crippen LogP contribution in [0.4, 0.5) is 5.82 Å². The Kier molecular flexibility index (Phi) is 1.76. The summed E-state index contributed by atoms with van der Waals surface area (Å²) < 4.78 is 1.81. The first-order chi connectivity index (χ1) is 5.68. The summed E-state index contributed by atoms with van der Waals surface area (Å²) in [6.45, 7) is 2.81. The molecule has 0 unspecified atom stereocenters. The zero-order chi connectivity index (χ0) is 8.72. The van der Waals surface area contributed by atoms with Crippen LogP contribution in [0.2, 0.25) is 5.02 Å². The second-order valence-corrected chi connectivity index (χ2v) is 3.79. The third-order valence-corrected chi connectivity index (χ3v) is 2.69. The van der Waals surface area contributed by atoms with Gasteiger partial charge in [-0.25, -0.2) is 4.68 Å². The second kappa shape index (κ2) is 2.66. The molecule has 0 amide bonds. The van der Waals surface area contributed by atoms with Gasteiger partial charge in [-0.15, -0.1) is 0 Å². The first-order valence-corrected chi connectivity index (χ1v) is 4.54. The molecule has 0 aromatic carbocycles. The molecule has 1 aromatic rings. The number of hydrogen-bond donors (Lipinski definition) is 1. The summed E-state index contributed by atoms with van der Waals surface area (Å²) in [7, 11) is 0. The maximum atomic E-state index is 5.89. The van der Waals surface area contributed by atoms with Gasteiger partial charge in [0.2, 0.25) is 0 Å². The van der Waals surface area contributed by atoms with Crippen molar-refractivity contribution >= 4 is 17.4 Å². The molecule has 1 saturated carbocycles. The molecule has 1 fully saturated rings. The van der Waals surface area contributed by atoms with Crippen molar-refractivity contribution < 1.29 is 0 Å². The van der Waals surface area contributed by atoms with Crippen molar-refractivity contribution in [1.82, 2.24) is 9.78 Å². The molecule has 4 heteroatoms. The number of aromatic nitrogens is 2. The maximum absolute atomic E-state index is 5.89. The van der Waals surface area contributed by atoms with Crippen LogP contribution >= 0.6 is 11.6 Å². The van der Waals surface area contributed by atoms with Crippen molar-refractivity contribution in [2.24, 2.45) is 5.92 Å². The minimum atomic E-state index is 0.607. The van der Waals surface area contributed by atoms with Gasteiger partial charge in [0.25, 0.3) is 0 Å². The highest BCUT2D eigenvalue weighted by Crippen LogP contribution is 2.32. The molecule has 3 nitrogen and oxygen atoms in total. The smallest absolute Gasteiger partial charge is 0.140 e. The fourth-order valence-electron chi connectivity index (χ4n) is 1.26. The quantitative estimate of drug-likeness (QED) is 0.764. The summed E-state index contributed by atoms with van der Waals surface area (Å²) >= 11 is 5.89. The Labute approximate surface area is 76.5 Å². The zero-order valence-electron chi connectivity index (χ0n) is 7.05. The number of anilines is 1. The van der Waals surface area contributed by atoms with Gasteiger partial charge in [-0.2, -0.15) is 5.10 Å². The van der Waals surface area contributed by atoms with Crippen LogP contribution in [0, 0.1) is 12.8 Å². The molecule has 0 saturated heterocycles. The van der Waals surface area contributed by atoms with Gasteiger partial charge >= 0.3 is 0 Å². The lowest BCUT2D eigenvalue weighted by molar-refractivity contribution is 0.567. The van der Waals surface area contributed by atoms with Crippen LogP contribution in [0.25, 0.3) is 0 Å². The highest BCUT2D eigenvalue weighted by Gasteiger charge is 2.23. The summed E-state index contributed by atoms with van der Waals surface area (Å²) in [4.78, 5) is 0. The summed E-state index contributed by atoms with van der Waals surface area (Å²) in [5.74, 6) is 1.39. The lowest BCUT2D eigenvalue weighted by atomic mass is 10.4. The minimum Gasteiger partial charge on any atom is -0.383 e. The van der Waals surface area contributed by atoms with E-state index in [-0.39, 0.29) is 0 Å². The van der Waals surface area contributed by atoms with E-state index in [0.29, 0.717) is 10.8 Å². The van der Waals surface area contributed by atoms with Gasteiger partial charge in [0, 0.05) is 6.54 Å². The predicted molar refractivity (Wildman–Crippen MR) is 49.1 cm³/mol. The van der Waals surface area contributed by atoms with Crippen LogP contribution in [-0.4, -0.2) is 9.78 Å². The van der Waals surface area contributed by atoms with Crippen LogP contribution in [0.15, 0.2) is 0 Å². The standard InChI is InChI=1S/C8H12ClN3/c1-5-7(9)8(10)12(11-5)4-6-2-3-6/h6H,2-4,10H2,1H3. The molecule has 0 aliphatic heterocycles. The highest BCUT2D eigenvalue weighted by atomic mass is 35.5. The molecule has 12 heavy (non-hydrogen) atoms. The number of rotatable bonds is 2. The highest BCUT2D eigenvalue weighted by molar-refractivity contribution is 6.33. The second-order valence-electron chi connectivity index (χ2n) is 3.41. The van der Waals surface area contributed by atoms with E-state index in [9.17, 15) is 0 Å². The number of halogens is 1. The monoisotopic (exact) mass is 185 g/mol. The lowest BCUT2D eigenvalue weighted by Crippen LogP contribution is -2.05. The third-order valence-electron chi connectivity index (χ3n) is 2.22. The van der Waals surface area contributed by atoms with Gasteiger partial charge < -0.3 is 5.73 Å². The Morgan fingerprint density at radius 1 is 1.67 bits per heavy atom. The van der Waals surface area contributed by atoms with Gasteiger partial charge in [0.15, 0.2) is 0 Å². The van der Waals surface area contributed by atoms with Gasteiger partial charge in [-0.3, -0.25) is 0 Å². The van der Waals surface area contributed by atoms with Crippen molar-refractivity contribution in [3.8, 4) is 0 Å². The maximum Gasteiger partial charge on any atom is 0.140 e. The SMILES string of the molecule is Cc1nn(CC2CC2)c(N)c1Cl. The normalized spacial score (nSPS) is 16.8. The number of nitrogen functional groups attached to an aromatic ring is 1. The zero-order valence-corrected chi connectivity index (χ0v) is 7.80. The molecule has 0 radical (unpaired) electrons. The van der Waals surface area contributed by atoms with E-state index in [4.69, 9.17) is 17.3 Å². The Morgan fingerprint density at radius 2 is 2.33 bits per heavy atom. The first kappa shape index (κ1) is 7.92. The van der Waals surface area contributed by atoms with E-state index < -0.39 is 0 Å². The Bertz CT molecular complexity index is 301. The van der Waals surface area contributed by atoms with Gasteiger partial charge in [-0.1, -0.05) is 11.6 Å². The summed E-state index contributed by atoms with van der Waals surface area (Å²) in [5.41, 5.74) is 6.58. The number of aryl methyl sites for hydroxylation is 1. The van der Waals surface area contributed by atoms with E-state index in [0.717, 1.165) is 18.2 Å². The molecular weight excluding hydrogens is 174 g/mol. The molecule has 0 spiro atoms. The van der Waals surface area contributed by atoms with Crippen LogP contribution in [0.5, 0.6) is 0 Å². The number of hydrogen-bond acceptors (Lipinski definition) is 2. The molecular formula is C8H12ClN3. The lowest BCUT2D eigenvalue weighted by Gasteiger charge is -2.00. The van der Waals surface area contributed by atoms with E-state index in [1.807, 2.05) is 11.6 Å². The molecule has 1 aliphatic carbocycles. The molecule has 0 atom stereocenters. The van der Waals surface area contributed by atoms with Crippen LogP contribution in [0.1, 0.15) is 18.5 Å². The topological polar surface area (TPSA) is 43.8 Å². The molecule has 2 N–H and O–H groups in total. The first-order valence-electron chi connectivity index (χ1n) is 4.17. The van der Waals surface area contributed by atoms with E-state index in [1.54, 1.807) is 0 Å². The average molecular weight is 186 g/mol. The van der Waals surface area contributed by atoms with E-state index in [2.05, 4.69) is 5.10 Å². The molecule has 0 bridgehead atoms. The van der Waals surface area contributed by atoms with Crippen molar-refractivity contribution in [2.45, 2.75) is 26.3 Å². The summed E-state index contributed by atoms with van der Waals surface area (Å²) in [5, 5.41) is 4.86. The minimum absolute atomic E-state index is 0.607. The number of nitrogens with zero attached hydrogens (tertiary/aromatic N) is 2. The number of nitrogens with two attached hydrogens (primary N) is 1. The van der Waals surface area contributed by atoms with Crippen LogP contribution in [0.3, 0.4) is 0 Å². The van der Waals surface area contributed by atoms with Gasteiger partial charge in [-0.05, 0) is 25.7 Å². The van der Waals surface area contributed by atoms with Gasteiger partial charge in [0.05, 0.1) is 5.69 Å². The van der Waals surface area contributed by atoms with Crippen molar-refractivity contribution in [3.05, 3.63) is 10.7 Å². The Hall–Kier alpha value is -0.700. The molecule has 66 valence electrons. The largest absolute Gasteiger partial charge is 0.383 e. The van der Waals surface area contributed by atoms with E-state index >= 15 is 0 Å². The van der Waals surface area contributed by atoms with Crippen molar-refractivity contribution in [1.29, 1.82) is 0 Å². The van der Waals surface area contributed by atoms with Crippen molar-refractivity contribution in [3.63, 3.8) is 0 Å². The van der Waals surface area contributed by atoms with E-state index in [1.165, 1.54) is 12.8 Å². The molecule has 1 heterocycles. The van der Waals surface area contributed by atoms with Gasteiger partial charge in [0.1, 0.15) is 10.8 Å². The fourth-order valence-corrected chi connectivity index (χ4v) is 1.40. The molecule has 2 rings (SSSR count). The van der Waals surface area contributed by atoms with Crippen molar-refractivity contribution in [2.75, 3.05) is 5.73 Å². The van der Waals surface area contributed by atoms with Crippen LogP contribution in [-0.2, 0) is 6.54 Å². The Morgan fingerprint density at radius 3 is 2.75 bits per heavy atom. The van der Waals surface area contributed by atoms with Crippen LogP contribution < -0.4 is 5.73 Å². The Balaban J connectivity index is 2.23. The summed E-state index contributed by atoms with van der Waals surface area (Å²) in [6.07, 6.45) is 2.60. The third kappa shape index (κ3) is 1.29. The molecule has 1 aromatic heterocycles. The predicted octanol–water partition coefficient (Wildman–Crippen LogP) is 1.84.